The van der Waals surface area contributed by atoms with E-state index in [0.717, 1.165) is 18.5 Å². The molecule has 1 N–H and O–H groups in total. The van der Waals surface area contributed by atoms with Gasteiger partial charge in [0.2, 0.25) is 0 Å². The molecule has 0 radical (unpaired) electrons. The molecule has 18 heavy (non-hydrogen) atoms. The Hall–Kier alpha value is -0.890. The van der Waals surface area contributed by atoms with Gasteiger partial charge in [-0.3, -0.25) is 0 Å². The molecule has 0 aliphatic rings. The van der Waals surface area contributed by atoms with Crippen molar-refractivity contribution in [1.82, 2.24) is 5.32 Å². The standard InChI is InChI=1S/C16H26FN/c1-4-6-7-8-9-16(18-5-2)14-10-11-15(17)13(3)12-14/h10-12,16,18H,4-9H2,1-3H3. The fourth-order valence-corrected chi connectivity index (χ4v) is 2.29. The second kappa shape index (κ2) is 8.25. The minimum absolute atomic E-state index is 0.111. The minimum atomic E-state index is -0.111. The number of hydrogen-bond donors (Lipinski definition) is 1. The third-order valence-corrected chi connectivity index (χ3v) is 3.38. The molecule has 0 aliphatic heterocycles. The Morgan fingerprint density at radius 3 is 2.56 bits per heavy atom. The predicted octanol–water partition coefficient (Wildman–Crippen LogP) is 4.76. The van der Waals surface area contributed by atoms with E-state index in [9.17, 15) is 4.39 Å². The highest BCUT2D eigenvalue weighted by Gasteiger charge is 2.11. The molecule has 0 heterocycles. The van der Waals surface area contributed by atoms with Crippen LogP contribution in [0.3, 0.4) is 0 Å². The van der Waals surface area contributed by atoms with Crippen molar-refractivity contribution in [3.05, 3.63) is 35.1 Å². The lowest BCUT2D eigenvalue weighted by Crippen LogP contribution is -2.21. The first kappa shape index (κ1) is 15.2. The Kier molecular flexibility index (Phi) is 6.96. The van der Waals surface area contributed by atoms with Crippen LogP contribution >= 0.6 is 0 Å². The summed E-state index contributed by atoms with van der Waals surface area (Å²) < 4.78 is 13.3. The van der Waals surface area contributed by atoms with E-state index in [1.165, 1.54) is 31.2 Å². The van der Waals surface area contributed by atoms with Gasteiger partial charge in [0.05, 0.1) is 0 Å². The highest BCUT2D eigenvalue weighted by molar-refractivity contribution is 5.26. The zero-order valence-corrected chi connectivity index (χ0v) is 11.9. The van der Waals surface area contributed by atoms with Gasteiger partial charge in [0.15, 0.2) is 0 Å². The largest absolute Gasteiger partial charge is 0.310 e. The number of hydrogen-bond acceptors (Lipinski definition) is 1. The fourth-order valence-electron chi connectivity index (χ4n) is 2.29. The molecule has 2 heteroatoms. The molecule has 1 unspecified atom stereocenters. The van der Waals surface area contributed by atoms with Crippen molar-refractivity contribution in [1.29, 1.82) is 0 Å². The molecule has 1 aromatic rings. The quantitative estimate of drug-likeness (QED) is 0.657. The SMILES string of the molecule is CCCCCCC(NCC)c1ccc(F)c(C)c1. The maximum atomic E-state index is 13.3. The van der Waals surface area contributed by atoms with Gasteiger partial charge in [0.1, 0.15) is 5.82 Å². The summed E-state index contributed by atoms with van der Waals surface area (Å²) in [5, 5.41) is 3.50. The molecule has 1 atom stereocenters. The lowest BCUT2D eigenvalue weighted by Gasteiger charge is -2.19. The van der Waals surface area contributed by atoms with Crippen LogP contribution in [0.15, 0.2) is 18.2 Å². The van der Waals surface area contributed by atoms with Crippen LogP contribution in [0, 0.1) is 12.7 Å². The van der Waals surface area contributed by atoms with Crippen LogP contribution in [-0.2, 0) is 0 Å². The van der Waals surface area contributed by atoms with Gasteiger partial charge in [-0.2, -0.15) is 0 Å². The summed E-state index contributed by atoms with van der Waals surface area (Å²) >= 11 is 0. The van der Waals surface area contributed by atoms with Gasteiger partial charge in [-0.15, -0.1) is 0 Å². The van der Waals surface area contributed by atoms with E-state index >= 15 is 0 Å². The zero-order valence-electron chi connectivity index (χ0n) is 11.9. The molecule has 102 valence electrons. The van der Waals surface area contributed by atoms with Gasteiger partial charge >= 0.3 is 0 Å². The van der Waals surface area contributed by atoms with E-state index in [1.54, 1.807) is 6.07 Å². The lowest BCUT2D eigenvalue weighted by atomic mass is 9.98. The maximum Gasteiger partial charge on any atom is 0.126 e. The molecular weight excluding hydrogens is 225 g/mol. The van der Waals surface area contributed by atoms with Crippen LogP contribution < -0.4 is 5.32 Å². The van der Waals surface area contributed by atoms with Gasteiger partial charge in [0, 0.05) is 6.04 Å². The second-order valence-electron chi connectivity index (χ2n) is 4.97. The smallest absolute Gasteiger partial charge is 0.126 e. The number of nitrogens with one attached hydrogen (secondary N) is 1. The van der Waals surface area contributed by atoms with Crippen molar-refractivity contribution in [2.24, 2.45) is 0 Å². The van der Waals surface area contributed by atoms with Crippen molar-refractivity contribution < 1.29 is 4.39 Å². The molecule has 0 fully saturated rings. The van der Waals surface area contributed by atoms with Crippen LogP contribution in [0.4, 0.5) is 4.39 Å². The molecule has 0 aliphatic carbocycles. The number of unbranched alkanes of at least 4 members (excludes halogenated alkanes) is 3. The van der Waals surface area contributed by atoms with Gasteiger partial charge in [-0.25, -0.2) is 4.39 Å². The topological polar surface area (TPSA) is 12.0 Å². The Morgan fingerprint density at radius 2 is 1.94 bits per heavy atom. The van der Waals surface area contributed by atoms with Crippen LogP contribution in [0.2, 0.25) is 0 Å². The molecule has 0 amide bonds. The summed E-state index contributed by atoms with van der Waals surface area (Å²) in [5.74, 6) is -0.111. The van der Waals surface area contributed by atoms with Crippen LogP contribution in [0.5, 0.6) is 0 Å². The van der Waals surface area contributed by atoms with Crippen LogP contribution in [-0.4, -0.2) is 6.54 Å². The van der Waals surface area contributed by atoms with Gasteiger partial charge in [0.25, 0.3) is 0 Å². The average molecular weight is 251 g/mol. The summed E-state index contributed by atoms with van der Waals surface area (Å²) in [6, 6.07) is 5.84. The number of benzene rings is 1. The molecule has 1 rings (SSSR count). The number of aryl methyl sites for hydroxylation is 1. The van der Waals surface area contributed by atoms with E-state index in [0.29, 0.717) is 6.04 Å². The predicted molar refractivity (Wildman–Crippen MR) is 76.3 cm³/mol. The molecule has 0 spiro atoms. The van der Waals surface area contributed by atoms with Gasteiger partial charge < -0.3 is 5.32 Å². The Balaban J connectivity index is 2.61. The molecule has 0 bridgehead atoms. The third kappa shape index (κ3) is 4.77. The number of rotatable bonds is 8. The average Bonchev–Trinajstić information content (AvgIpc) is 2.37. The summed E-state index contributed by atoms with van der Waals surface area (Å²) in [5.41, 5.74) is 1.95. The van der Waals surface area contributed by atoms with Gasteiger partial charge in [-0.1, -0.05) is 51.7 Å². The molecular formula is C16H26FN. The third-order valence-electron chi connectivity index (χ3n) is 3.38. The minimum Gasteiger partial charge on any atom is -0.310 e. The molecule has 0 saturated carbocycles. The molecule has 0 aromatic heterocycles. The zero-order chi connectivity index (χ0) is 13.4. The van der Waals surface area contributed by atoms with E-state index in [4.69, 9.17) is 0 Å². The lowest BCUT2D eigenvalue weighted by molar-refractivity contribution is 0.480. The van der Waals surface area contributed by atoms with Crippen molar-refractivity contribution >= 4 is 0 Å². The first-order valence-electron chi connectivity index (χ1n) is 7.18. The van der Waals surface area contributed by atoms with E-state index in [-0.39, 0.29) is 5.82 Å². The van der Waals surface area contributed by atoms with Crippen molar-refractivity contribution in [3.8, 4) is 0 Å². The summed E-state index contributed by atoms with van der Waals surface area (Å²) in [7, 11) is 0. The van der Waals surface area contributed by atoms with Crippen molar-refractivity contribution in [3.63, 3.8) is 0 Å². The van der Waals surface area contributed by atoms with Gasteiger partial charge in [-0.05, 0) is 37.1 Å². The van der Waals surface area contributed by atoms with E-state index in [2.05, 4.69) is 19.2 Å². The first-order chi connectivity index (χ1) is 8.69. The Morgan fingerprint density at radius 1 is 1.17 bits per heavy atom. The first-order valence-corrected chi connectivity index (χ1v) is 7.18. The van der Waals surface area contributed by atoms with E-state index in [1.807, 2.05) is 19.1 Å². The monoisotopic (exact) mass is 251 g/mol. The fraction of sp³-hybridized carbons (Fsp3) is 0.625. The number of halogens is 1. The summed E-state index contributed by atoms with van der Waals surface area (Å²) in [6.07, 6.45) is 6.24. The second-order valence-corrected chi connectivity index (χ2v) is 4.97. The van der Waals surface area contributed by atoms with Crippen LogP contribution in [0.1, 0.15) is 63.1 Å². The molecule has 0 saturated heterocycles. The maximum absolute atomic E-state index is 13.3. The van der Waals surface area contributed by atoms with E-state index < -0.39 is 0 Å². The Labute approximate surface area is 111 Å². The van der Waals surface area contributed by atoms with Crippen LogP contribution in [0.25, 0.3) is 0 Å². The Bertz CT molecular complexity index is 349. The highest BCUT2D eigenvalue weighted by atomic mass is 19.1. The summed E-state index contributed by atoms with van der Waals surface area (Å²) in [4.78, 5) is 0. The summed E-state index contributed by atoms with van der Waals surface area (Å²) in [6.45, 7) is 7.13. The molecule has 1 aromatic carbocycles. The van der Waals surface area contributed by atoms with Crippen molar-refractivity contribution in [2.45, 2.75) is 58.9 Å². The van der Waals surface area contributed by atoms with Crippen molar-refractivity contribution in [2.75, 3.05) is 6.54 Å². The highest BCUT2D eigenvalue weighted by Crippen LogP contribution is 2.22. The molecule has 1 nitrogen and oxygen atoms in total. The normalized spacial score (nSPS) is 12.7.